The van der Waals surface area contributed by atoms with E-state index in [1.54, 1.807) is 0 Å². The van der Waals surface area contributed by atoms with Crippen LogP contribution in [0.2, 0.25) is 0 Å². The zero-order valence-electron chi connectivity index (χ0n) is 13.0. The Balaban J connectivity index is 3.50. The van der Waals surface area contributed by atoms with Crippen LogP contribution in [0.15, 0.2) is 0 Å². The van der Waals surface area contributed by atoms with Gasteiger partial charge in [-0.3, -0.25) is 4.79 Å². The lowest BCUT2D eigenvalue weighted by Gasteiger charge is -2.20. The molecule has 1 unspecified atom stereocenters. The van der Waals surface area contributed by atoms with Gasteiger partial charge in [0, 0.05) is 31.7 Å². The van der Waals surface area contributed by atoms with Crippen LogP contribution in [0, 0.1) is 5.92 Å². The predicted octanol–water partition coefficient (Wildman–Crippen LogP) is 0.914. The molecule has 0 spiro atoms. The molecule has 5 heteroatoms. The van der Waals surface area contributed by atoms with Crippen molar-refractivity contribution in [2.75, 3.05) is 26.3 Å². The standard InChI is InChI=1S/C14H30N2O3/c1-11(2)9-19-10-12(17)8-15-7-6-13(18)16-14(3,4)5/h11-12,15,17H,6-10H2,1-5H3,(H,16,18). The van der Waals surface area contributed by atoms with E-state index in [1.165, 1.54) is 0 Å². The fraction of sp³-hybridized carbons (Fsp3) is 0.929. The highest BCUT2D eigenvalue weighted by Crippen LogP contribution is 1.98. The van der Waals surface area contributed by atoms with Crippen molar-refractivity contribution in [1.82, 2.24) is 10.6 Å². The summed E-state index contributed by atoms with van der Waals surface area (Å²) in [6, 6.07) is 0. The van der Waals surface area contributed by atoms with Crippen LogP contribution >= 0.6 is 0 Å². The lowest BCUT2D eigenvalue weighted by atomic mass is 10.1. The third-order valence-corrected chi connectivity index (χ3v) is 2.18. The number of aliphatic hydroxyl groups is 1. The summed E-state index contributed by atoms with van der Waals surface area (Å²) < 4.78 is 5.33. The van der Waals surface area contributed by atoms with E-state index in [2.05, 4.69) is 24.5 Å². The highest BCUT2D eigenvalue weighted by molar-refractivity contribution is 5.76. The van der Waals surface area contributed by atoms with Crippen LogP contribution in [-0.4, -0.2) is 49.0 Å². The van der Waals surface area contributed by atoms with E-state index < -0.39 is 6.10 Å². The zero-order chi connectivity index (χ0) is 14.9. The molecule has 0 saturated heterocycles. The molecule has 3 N–H and O–H groups in total. The van der Waals surface area contributed by atoms with Crippen molar-refractivity contribution in [3.63, 3.8) is 0 Å². The summed E-state index contributed by atoms with van der Waals surface area (Å²) in [5.41, 5.74) is -0.193. The van der Waals surface area contributed by atoms with Crippen LogP contribution in [-0.2, 0) is 9.53 Å². The molecule has 5 nitrogen and oxygen atoms in total. The maximum atomic E-state index is 11.5. The number of hydrogen-bond donors (Lipinski definition) is 3. The summed E-state index contributed by atoms with van der Waals surface area (Å²) >= 11 is 0. The first-order chi connectivity index (χ1) is 8.70. The second-order valence-electron chi connectivity index (χ2n) is 6.34. The van der Waals surface area contributed by atoms with E-state index in [4.69, 9.17) is 4.74 Å². The number of amides is 1. The van der Waals surface area contributed by atoms with Gasteiger partial charge >= 0.3 is 0 Å². The molecule has 19 heavy (non-hydrogen) atoms. The maximum absolute atomic E-state index is 11.5. The predicted molar refractivity (Wildman–Crippen MR) is 77.0 cm³/mol. The Kier molecular flexibility index (Phi) is 8.97. The number of carbonyl (C=O) groups excluding carboxylic acids is 1. The molecule has 0 aromatic rings. The number of hydrogen-bond acceptors (Lipinski definition) is 4. The average molecular weight is 274 g/mol. The smallest absolute Gasteiger partial charge is 0.221 e. The first kappa shape index (κ1) is 18.4. The molecule has 0 fully saturated rings. The third kappa shape index (κ3) is 13.6. The Hall–Kier alpha value is -0.650. The Morgan fingerprint density at radius 2 is 1.89 bits per heavy atom. The summed E-state index contributed by atoms with van der Waals surface area (Å²) in [5, 5.41) is 15.6. The SMILES string of the molecule is CC(C)COCC(O)CNCCC(=O)NC(C)(C)C. The molecule has 0 heterocycles. The van der Waals surface area contributed by atoms with Gasteiger partial charge in [0.1, 0.15) is 0 Å². The van der Waals surface area contributed by atoms with E-state index in [-0.39, 0.29) is 11.4 Å². The number of aliphatic hydroxyl groups excluding tert-OH is 1. The fourth-order valence-corrected chi connectivity index (χ4v) is 1.45. The van der Waals surface area contributed by atoms with E-state index in [1.807, 2.05) is 20.8 Å². The monoisotopic (exact) mass is 274 g/mol. The molecular formula is C14H30N2O3. The van der Waals surface area contributed by atoms with Gasteiger partial charge in [-0.25, -0.2) is 0 Å². The second-order valence-corrected chi connectivity index (χ2v) is 6.34. The molecule has 0 radical (unpaired) electrons. The minimum atomic E-state index is -0.524. The van der Waals surface area contributed by atoms with Gasteiger partial charge in [-0.05, 0) is 26.7 Å². The quantitative estimate of drug-likeness (QED) is 0.547. The molecule has 0 rings (SSSR count). The van der Waals surface area contributed by atoms with Crippen molar-refractivity contribution >= 4 is 5.91 Å². The lowest BCUT2D eigenvalue weighted by Crippen LogP contribution is -2.42. The topological polar surface area (TPSA) is 70.6 Å². The molecule has 1 amide bonds. The minimum Gasteiger partial charge on any atom is -0.389 e. The Morgan fingerprint density at radius 1 is 1.26 bits per heavy atom. The first-order valence-corrected chi connectivity index (χ1v) is 6.98. The van der Waals surface area contributed by atoms with Crippen molar-refractivity contribution in [3.05, 3.63) is 0 Å². The molecule has 0 saturated carbocycles. The van der Waals surface area contributed by atoms with Gasteiger partial charge in [0.2, 0.25) is 5.91 Å². The van der Waals surface area contributed by atoms with Crippen LogP contribution in [0.1, 0.15) is 41.0 Å². The Morgan fingerprint density at radius 3 is 2.42 bits per heavy atom. The molecule has 0 aromatic carbocycles. The van der Waals surface area contributed by atoms with Gasteiger partial charge in [-0.15, -0.1) is 0 Å². The van der Waals surface area contributed by atoms with Crippen molar-refractivity contribution in [2.24, 2.45) is 5.92 Å². The third-order valence-electron chi connectivity index (χ3n) is 2.18. The lowest BCUT2D eigenvalue weighted by molar-refractivity contribution is -0.122. The molecule has 0 aromatic heterocycles. The summed E-state index contributed by atoms with van der Waals surface area (Å²) in [6.45, 7) is 12.0. The van der Waals surface area contributed by atoms with Crippen LogP contribution in [0.5, 0.6) is 0 Å². The van der Waals surface area contributed by atoms with Gasteiger partial charge in [0.15, 0.2) is 0 Å². The normalized spacial score (nSPS) is 13.6. The Bertz CT molecular complexity index is 250. The summed E-state index contributed by atoms with van der Waals surface area (Å²) in [7, 11) is 0. The fourth-order valence-electron chi connectivity index (χ4n) is 1.45. The van der Waals surface area contributed by atoms with Crippen molar-refractivity contribution in [3.8, 4) is 0 Å². The number of ether oxygens (including phenoxy) is 1. The average Bonchev–Trinajstić information content (AvgIpc) is 2.21. The van der Waals surface area contributed by atoms with Crippen LogP contribution < -0.4 is 10.6 Å². The maximum Gasteiger partial charge on any atom is 0.221 e. The van der Waals surface area contributed by atoms with Gasteiger partial charge in [0.05, 0.1) is 12.7 Å². The van der Waals surface area contributed by atoms with Gasteiger partial charge < -0.3 is 20.5 Å². The van der Waals surface area contributed by atoms with Crippen LogP contribution in [0.25, 0.3) is 0 Å². The highest BCUT2D eigenvalue weighted by atomic mass is 16.5. The Labute approximate surface area is 117 Å². The summed E-state index contributed by atoms with van der Waals surface area (Å²) in [5.74, 6) is 0.492. The molecule has 0 aliphatic heterocycles. The van der Waals surface area contributed by atoms with Crippen molar-refractivity contribution < 1.29 is 14.6 Å². The van der Waals surface area contributed by atoms with E-state index >= 15 is 0 Å². The number of nitrogens with one attached hydrogen (secondary N) is 2. The largest absolute Gasteiger partial charge is 0.389 e. The van der Waals surface area contributed by atoms with Gasteiger partial charge in [-0.1, -0.05) is 13.8 Å². The molecule has 1 atom stereocenters. The molecule has 0 bridgehead atoms. The van der Waals surface area contributed by atoms with E-state index in [0.29, 0.717) is 38.6 Å². The van der Waals surface area contributed by atoms with E-state index in [0.717, 1.165) is 0 Å². The highest BCUT2D eigenvalue weighted by Gasteiger charge is 2.13. The molecular weight excluding hydrogens is 244 g/mol. The minimum absolute atomic E-state index is 0.0190. The van der Waals surface area contributed by atoms with Crippen LogP contribution in [0.3, 0.4) is 0 Å². The summed E-state index contributed by atoms with van der Waals surface area (Å²) in [4.78, 5) is 11.5. The molecule has 0 aliphatic carbocycles. The second kappa shape index (κ2) is 9.28. The van der Waals surface area contributed by atoms with Gasteiger partial charge in [-0.2, -0.15) is 0 Å². The summed E-state index contributed by atoms with van der Waals surface area (Å²) in [6.07, 6.45) is -0.110. The van der Waals surface area contributed by atoms with Crippen molar-refractivity contribution in [1.29, 1.82) is 0 Å². The number of carbonyl (C=O) groups is 1. The van der Waals surface area contributed by atoms with Crippen LogP contribution in [0.4, 0.5) is 0 Å². The molecule has 0 aliphatic rings. The van der Waals surface area contributed by atoms with Crippen molar-refractivity contribution in [2.45, 2.75) is 52.7 Å². The zero-order valence-corrected chi connectivity index (χ0v) is 13.0. The number of rotatable bonds is 9. The molecule has 114 valence electrons. The van der Waals surface area contributed by atoms with E-state index in [9.17, 15) is 9.90 Å². The first-order valence-electron chi connectivity index (χ1n) is 6.98. The van der Waals surface area contributed by atoms with Gasteiger partial charge in [0.25, 0.3) is 0 Å².